The van der Waals surface area contributed by atoms with Crippen LogP contribution in [0.3, 0.4) is 0 Å². The molecule has 2 N–H and O–H groups in total. The topological polar surface area (TPSA) is 84.9 Å². The van der Waals surface area contributed by atoms with Gasteiger partial charge in [-0.05, 0) is 12.1 Å². The normalized spacial score (nSPS) is 9.79. The number of carboxylic acid groups (broad SMARTS) is 1. The number of amides is 1. The van der Waals surface area contributed by atoms with Crippen molar-refractivity contribution in [1.29, 1.82) is 0 Å². The number of methoxy groups -OCH3 is 1. The van der Waals surface area contributed by atoms with Crippen molar-refractivity contribution in [3.8, 4) is 11.5 Å². The molecule has 6 nitrogen and oxygen atoms in total. The van der Waals surface area contributed by atoms with Gasteiger partial charge in [0.1, 0.15) is 18.0 Å². The molecule has 7 heteroatoms. The highest BCUT2D eigenvalue weighted by molar-refractivity contribution is 6.32. The molecule has 0 spiro atoms. The third-order valence-electron chi connectivity index (χ3n) is 2.16. The summed E-state index contributed by atoms with van der Waals surface area (Å²) in [5.41, 5.74) is 0. The minimum atomic E-state index is -1.09. The number of rotatable bonds is 7. The number of carbonyl (C=O) groups is 2. The van der Waals surface area contributed by atoms with Gasteiger partial charge in [-0.25, -0.2) is 0 Å². The zero-order chi connectivity index (χ0) is 14.3. The molecule has 1 rings (SSSR count). The Bertz CT molecular complexity index is 463. The minimum Gasteiger partial charge on any atom is -0.497 e. The molecule has 0 atom stereocenters. The Labute approximate surface area is 115 Å². The Kier molecular flexibility index (Phi) is 5.95. The van der Waals surface area contributed by atoms with Crippen LogP contribution in [-0.4, -0.2) is 37.2 Å². The summed E-state index contributed by atoms with van der Waals surface area (Å²) in [5, 5.41) is 11.0. The number of ether oxygens (including phenoxy) is 2. The van der Waals surface area contributed by atoms with Crippen molar-refractivity contribution in [3.05, 3.63) is 23.2 Å². The van der Waals surface area contributed by atoms with Gasteiger partial charge in [0, 0.05) is 6.07 Å². The maximum Gasteiger partial charge on any atom is 0.322 e. The molecule has 0 aliphatic rings. The standard InChI is InChI=1S/C12H14ClNO5/c1-18-8-2-3-10(9(13)6-8)19-5-4-11(15)14-7-12(16)17/h2-3,6H,4-5,7H2,1H3,(H,14,15)(H,16,17). The van der Waals surface area contributed by atoms with Crippen LogP contribution in [0.2, 0.25) is 5.02 Å². The van der Waals surface area contributed by atoms with Crippen LogP contribution in [0, 0.1) is 0 Å². The van der Waals surface area contributed by atoms with E-state index in [1.807, 2.05) is 0 Å². The lowest BCUT2D eigenvalue weighted by Gasteiger charge is -2.09. The first-order valence-corrected chi connectivity index (χ1v) is 5.85. The highest BCUT2D eigenvalue weighted by atomic mass is 35.5. The van der Waals surface area contributed by atoms with Crippen molar-refractivity contribution < 1.29 is 24.2 Å². The molecule has 1 amide bonds. The molecule has 0 aliphatic carbocycles. The highest BCUT2D eigenvalue weighted by Gasteiger charge is 2.06. The minimum absolute atomic E-state index is 0.0512. The summed E-state index contributed by atoms with van der Waals surface area (Å²) >= 11 is 5.94. The monoisotopic (exact) mass is 287 g/mol. The molecule has 0 fully saturated rings. The molecule has 0 aromatic heterocycles. The Morgan fingerprint density at radius 1 is 1.42 bits per heavy atom. The Hall–Kier alpha value is -1.95. The second-order valence-electron chi connectivity index (χ2n) is 3.57. The van der Waals surface area contributed by atoms with Gasteiger partial charge < -0.3 is 19.9 Å². The molecule has 0 aliphatic heterocycles. The fourth-order valence-corrected chi connectivity index (χ4v) is 1.47. The predicted molar refractivity (Wildman–Crippen MR) is 68.8 cm³/mol. The van der Waals surface area contributed by atoms with E-state index in [2.05, 4.69) is 5.32 Å². The molecule has 0 saturated heterocycles. The number of hydrogen-bond donors (Lipinski definition) is 2. The third kappa shape index (κ3) is 5.48. The van der Waals surface area contributed by atoms with Gasteiger partial charge in [-0.15, -0.1) is 0 Å². The number of hydrogen-bond acceptors (Lipinski definition) is 4. The highest BCUT2D eigenvalue weighted by Crippen LogP contribution is 2.28. The van der Waals surface area contributed by atoms with Crippen molar-refractivity contribution in [2.45, 2.75) is 6.42 Å². The lowest BCUT2D eigenvalue weighted by Crippen LogP contribution is -2.30. The first-order valence-electron chi connectivity index (χ1n) is 5.47. The molecule has 0 bridgehead atoms. The first-order chi connectivity index (χ1) is 9.02. The Balaban J connectivity index is 2.37. The molecular weight excluding hydrogens is 274 g/mol. The van der Waals surface area contributed by atoms with Crippen molar-refractivity contribution in [1.82, 2.24) is 5.32 Å². The van der Waals surface area contributed by atoms with Crippen molar-refractivity contribution in [2.75, 3.05) is 20.3 Å². The van der Waals surface area contributed by atoms with E-state index in [-0.39, 0.29) is 13.0 Å². The molecule has 0 heterocycles. The molecule has 104 valence electrons. The largest absolute Gasteiger partial charge is 0.497 e. The van der Waals surface area contributed by atoms with Crippen molar-refractivity contribution >= 4 is 23.5 Å². The smallest absolute Gasteiger partial charge is 0.322 e. The average Bonchev–Trinajstić information content (AvgIpc) is 2.38. The van der Waals surface area contributed by atoms with Crippen LogP contribution in [0.25, 0.3) is 0 Å². The van der Waals surface area contributed by atoms with Gasteiger partial charge in [0.2, 0.25) is 5.91 Å². The predicted octanol–water partition coefficient (Wildman–Crippen LogP) is 1.32. The Morgan fingerprint density at radius 2 is 2.16 bits per heavy atom. The summed E-state index contributed by atoms with van der Waals surface area (Å²) in [4.78, 5) is 21.4. The van der Waals surface area contributed by atoms with Crippen LogP contribution in [-0.2, 0) is 9.59 Å². The maximum atomic E-state index is 11.2. The molecule has 0 radical (unpaired) electrons. The van der Waals surface area contributed by atoms with Crippen LogP contribution in [0.15, 0.2) is 18.2 Å². The van der Waals surface area contributed by atoms with Gasteiger partial charge in [0.15, 0.2) is 0 Å². The summed E-state index contributed by atoms with van der Waals surface area (Å²) in [7, 11) is 1.53. The molecular formula is C12H14ClNO5. The van der Waals surface area contributed by atoms with E-state index in [4.69, 9.17) is 26.2 Å². The van der Waals surface area contributed by atoms with Crippen LogP contribution in [0.1, 0.15) is 6.42 Å². The van der Waals surface area contributed by atoms with E-state index in [9.17, 15) is 9.59 Å². The summed E-state index contributed by atoms with van der Waals surface area (Å²) in [6.07, 6.45) is 0.0512. The van der Waals surface area contributed by atoms with Gasteiger partial charge in [-0.2, -0.15) is 0 Å². The van der Waals surface area contributed by atoms with Gasteiger partial charge >= 0.3 is 5.97 Å². The summed E-state index contributed by atoms with van der Waals surface area (Å²) in [6, 6.07) is 4.92. The number of halogens is 1. The van der Waals surface area contributed by atoms with E-state index >= 15 is 0 Å². The van der Waals surface area contributed by atoms with Gasteiger partial charge in [-0.1, -0.05) is 11.6 Å². The van der Waals surface area contributed by atoms with Crippen LogP contribution < -0.4 is 14.8 Å². The van der Waals surface area contributed by atoms with Gasteiger partial charge in [0.05, 0.1) is 25.2 Å². The first kappa shape index (κ1) is 15.1. The Morgan fingerprint density at radius 3 is 2.74 bits per heavy atom. The van der Waals surface area contributed by atoms with Gasteiger partial charge in [0.25, 0.3) is 0 Å². The molecule has 0 unspecified atom stereocenters. The summed E-state index contributed by atoms with van der Waals surface area (Å²) < 4.78 is 10.3. The lowest BCUT2D eigenvalue weighted by molar-refractivity contribution is -0.138. The second-order valence-corrected chi connectivity index (χ2v) is 3.97. The fraction of sp³-hybridized carbons (Fsp3) is 0.333. The van der Waals surface area contributed by atoms with E-state index in [1.165, 1.54) is 7.11 Å². The van der Waals surface area contributed by atoms with E-state index in [0.717, 1.165) is 0 Å². The maximum absolute atomic E-state index is 11.2. The zero-order valence-electron chi connectivity index (χ0n) is 10.3. The van der Waals surface area contributed by atoms with Crippen molar-refractivity contribution in [2.24, 2.45) is 0 Å². The van der Waals surface area contributed by atoms with Gasteiger partial charge in [-0.3, -0.25) is 9.59 Å². The summed E-state index contributed by atoms with van der Waals surface area (Å²) in [5.74, 6) is -0.440. The number of nitrogens with one attached hydrogen (secondary N) is 1. The van der Waals surface area contributed by atoms with Crippen LogP contribution >= 0.6 is 11.6 Å². The van der Waals surface area contributed by atoms with Crippen LogP contribution in [0.4, 0.5) is 0 Å². The molecule has 1 aromatic rings. The molecule has 19 heavy (non-hydrogen) atoms. The average molecular weight is 288 g/mol. The lowest BCUT2D eigenvalue weighted by atomic mass is 10.3. The number of carbonyl (C=O) groups excluding carboxylic acids is 1. The van der Waals surface area contributed by atoms with Crippen molar-refractivity contribution in [3.63, 3.8) is 0 Å². The molecule has 0 saturated carbocycles. The fourth-order valence-electron chi connectivity index (χ4n) is 1.24. The molecule has 1 aromatic carbocycles. The number of carboxylic acids is 1. The zero-order valence-corrected chi connectivity index (χ0v) is 11.1. The van der Waals surface area contributed by atoms with E-state index in [0.29, 0.717) is 16.5 Å². The third-order valence-corrected chi connectivity index (χ3v) is 2.46. The number of benzene rings is 1. The SMILES string of the molecule is COc1ccc(OCCC(=O)NCC(=O)O)c(Cl)c1. The summed E-state index contributed by atoms with van der Waals surface area (Å²) in [6.45, 7) is -0.292. The van der Waals surface area contributed by atoms with Crippen LogP contribution in [0.5, 0.6) is 11.5 Å². The second kappa shape index (κ2) is 7.48. The number of aliphatic carboxylic acids is 1. The van der Waals surface area contributed by atoms with E-state index in [1.54, 1.807) is 18.2 Å². The quantitative estimate of drug-likeness (QED) is 0.790. The van der Waals surface area contributed by atoms with E-state index < -0.39 is 18.4 Å².